The fourth-order valence-electron chi connectivity index (χ4n) is 1.60. The zero-order valence-corrected chi connectivity index (χ0v) is 12.3. The Bertz CT molecular complexity index is 597. The van der Waals surface area contributed by atoms with Crippen molar-refractivity contribution in [3.8, 4) is 0 Å². The van der Waals surface area contributed by atoms with Crippen LogP contribution in [0.1, 0.15) is 32.9 Å². The van der Waals surface area contributed by atoms with E-state index in [1.807, 2.05) is 13.8 Å². The van der Waals surface area contributed by atoms with Crippen molar-refractivity contribution in [2.24, 2.45) is 0 Å². The van der Waals surface area contributed by atoms with Crippen LogP contribution in [0.2, 0.25) is 5.15 Å². The summed E-state index contributed by atoms with van der Waals surface area (Å²) >= 11 is 7.46. The van der Waals surface area contributed by atoms with Crippen LogP contribution in [-0.2, 0) is 13.0 Å². The molecule has 1 amide bonds. The molecule has 100 valence electrons. The Morgan fingerprint density at radius 3 is 2.89 bits per heavy atom. The molecule has 2 rings (SSSR count). The zero-order chi connectivity index (χ0) is 13.8. The number of pyridine rings is 1. The summed E-state index contributed by atoms with van der Waals surface area (Å²) in [5.74, 6) is -0.160. The molecule has 0 unspecified atom stereocenters. The fourth-order valence-corrected chi connectivity index (χ4v) is 2.56. The van der Waals surface area contributed by atoms with E-state index in [0.717, 1.165) is 22.0 Å². The number of amides is 1. The van der Waals surface area contributed by atoms with Gasteiger partial charge in [0.15, 0.2) is 0 Å². The Kier molecular flexibility index (Phi) is 4.50. The summed E-state index contributed by atoms with van der Waals surface area (Å²) in [7, 11) is 0. The fraction of sp³-hybridized carbons (Fsp3) is 0.308. The van der Waals surface area contributed by atoms with Crippen LogP contribution in [0.25, 0.3) is 0 Å². The number of carbonyl (C=O) groups excluding carboxylic acids is 1. The van der Waals surface area contributed by atoms with Crippen molar-refractivity contribution in [1.82, 2.24) is 15.3 Å². The Balaban J connectivity index is 2.05. The molecule has 0 bridgehead atoms. The lowest BCUT2D eigenvalue weighted by Gasteiger charge is -2.05. The number of thiazole rings is 1. The number of aromatic nitrogens is 2. The van der Waals surface area contributed by atoms with Crippen LogP contribution >= 0.6 is 22.9 Å². The summed E-state index contributed by atoms with van der Waals surface area (Å²) in [6, 6.07) is 3.33. The lowest BCUT2D eigenvalue weighted by atomic mass is 10.2. The minimum atomic E-state index is -0.160. The molecule has 0 aliphatic carbocycles. The largest absolute Gasteiger partial charge is 0.346 e. The molecule has 2 aromatic heterocycles. The van der Waals surface area contributed by atoms with Crippen molar-refractivity contribution in [3.63, 3.8) is 0 Å². The number of carbonyl (C=O) groups is 1. The molecule has 6 heteroatoms. The van der Waals surface area contributed by atoms with Gasteiger partial charge < -0.3 is 5.32 Å². The van der Waals surface area contributed by atoms with E-state index in [-0.39, 0.29) is 5.91 Å². The quantitative estimate of drug-likeness (QED) is 0.882. The van der Waals surface area contributed by atoms with E-state index in [4.69, 9.17) is 11.6 Å². The van der Waals surface area contributed by atoms with Gasteiger partial charge >= 0.3 is 0 Å². The molecule has 2 aromatic rings. The van der Waals surface area contributed by atoms with Crippen molar-refractivity contribution in [3.05, 3.63) is 44.6 Å². The molecule has 0 spiro atoms. The summed E-state index contributed by atoms with van der Waals surface area (Å²) in [5.41, 5.74) is 1.34. The molecular formula is C13H14ClN3OS. The molecule has 1 N–H and O–H groups in total. The molecule has 0 saturated heterocycles. The minimum Gasteiger partial charge on any atom is -0.346 e. The van der Waals surface area contributed by atoms with Gasteiger partial charge in [-0.2, -0.15) is 0 Å². The zero-order valence-electron chi connectivity index (χ0n) is 10.7. The summed E-state index contributed by atoms with van der Waals surface area (Å²) < 4.78 is 0. The first-order valence-electron chi connectivity index (χ1n) is 5.94. The number of nitrogens with zero attached hydrogens (tertiary/aromatic N) is 2. The third-order valence-corrected chi connectivity index (χ3v) is 3.65. The normalized spacial score (nSPS) is 10.5. The second kappa shape index (κ2) is 6.12. The third-order valence-electron chi connectivity index (χ3n) is 2.54. The van der Waals surface area contributed by atoms with E-state index in [1.165, 1.54) is 0 Å². The maximum absolute atomic E-state index is 12.0. The van der Waals surface area contributed by atoms with Gasteiger partial charge in [-0.1, -0.05) is 18.5 Å². The van der Waals surface area contributed by atoms with Crippen LogP contribution in [-0.4, -0.2) is 15.9 Å². The van der Waals surface area contributed by atoms with Gasteiger partial charge in [0, 0.05) is 22.3 Å². The molecule has 0 saturated carbocycles. The maximum atomic E-state index is 12.0. The molecule has 0 fully saturated rings. The first-order valence-corrected chi connectivity index (χ1v) is 7.14. The molecule has 4 nitrogen and oxygen atoms in total. The monoisotopic (exact) mass is 295 g/mol. The molecule has 0 radical (unpaired) electrons. The Morgan fingerprint density at radius 1 is 1.47 bits per heavy atom. The van der Waals surface area contributed by atoms with E-state index >= 15 is 0 Å². The first-order chi connectivity index (χ1) is 9.08. The molecule has 0 aliphatic rings. The average Bonchev–Trinajstić information content (AvgIpc) is 2.81. The Hall–Kier alpha value is -1.46. The third kappa shape index (κ3) is 3.75. The highest BCUT2D eigenvalue weighted by Crippen LogP contribution is 2.13. The number of aryl methyl sites for hydroxylation is 2. The predicted molar refractivity (Wildman–Crippen MR) is 76.6 cm³/mol. The second-order valence-corrected chi connectivity index (χ2v) is 5.78. The molecule has 19 heavy (non-hydrogen) atoms. The lowest BCUT2D eigenvalue weighted by molar-refractivity contribution is 0.0950. The van der Waals surface area contributed by atoms with Crippen molar-refractivity contribution in [2.75, 3.05) is 0 Å². The lowest BCUT2D eigenvalue weighted by Crippen LogP contribution is -2.23. The van der Waals surface area contributed by atoms with Gasteiger partial charge in [-0.15, -0.1) is 11.3 Å². The molecule has 2 heterocycles. The highest BCUT2D eigenvalue weighted by molar-refractivity contribution is 7.11. The molecule has 0 aromatic carbocycles. The Morgan fingerprint density at radius 2 is 2.26 bits per heavy atom. The van der Waals surface area contributed by atoms with Crippen molar-refractivity contribution in [1.29, 1.82) is 0 Å². The minimum absolute atomic E-state index is 0.160. The standard InChI is InChI=1S/C13H14ClN3OS/c1-3-10-4-9(5-11(14)17-10)13(18)16-7-12-15-6-8(2)19-12/h4-6H,3,7H2,1-2H3,(H,16,18). The smallest absolute Gasteiger partial charge is 0.251 e. The topological polar surface area (TPSA) is 54.9 Å². The van der Waals surface area contributed by atoms with E-state index in [2.05, 4.69) is 15.3 Å². The molecule has 0 atom stereocenters. The molecule has 0 aliphatic heterocycles. The average molecular weight is 296 g/mol. The van der Waals surface area contributed by atoms with Crippen LogP contribution < -0.4 is 5.32 Å². The van der Waals surface area contributed by atoms with E-state index < -0.39 is 0 Å². The van der Waals surface area contributed by atoms with Gasteiger partial charge in [0.05, 0.1) is 6.54 Å². The molecular weight excluding hydrogens is 282 g/mol. The van der Waals surface area contributed by atoms with Crippen LogP contribution in [0.5, 0.6) is 0 Å². The Labute approximate surface area is 120 Å². The highest BCUT2D eigenvalue weighted by atomic mass is 35.5. The summed E-state index contributed by atoms with van der Waals surface area (Å²) in [6.07, 6.45) is 2.54. The van der Waals surface area contributed by atoms with Gasteiger partial charge in [0.25, 0.3) is 5.91 Å². The van der Waals surface area contributed by atoms with Crippen molar-refractivity contribution < 1.29 is 4.79 Å². The van der Waals surface area contributed by atoms with Crippen LogP contribution in [0, 0.1) is 6.92 Å². The van der Waals surface area contributed by atoms with E-state index in [1.54, 1.807) is 29.7 Å². The number of nitrogens with one attached hydrogen (secondary N) is 1. The number of halogens is 1. The van der Waals surface area contributed by atoms with Crippen molar-refractivity contribution >= 4 is 28.8 Å². The van der Waals surface area contributed by atoms with Crippen LogP contribution in [0.3, 0.4) is 0 Å². The van der Waals surface area contributed by atoms with Gasteiger partial charge in [-0.25, -0.2) is 9.97 Å². The number of hydrogen-bond acceptors (Lipinski definition) is 4. The second-order valence-electron chi connectivity index (χ2n) is 4.07. The summed E-state index contributed by atoms with van der Waals surface area (Å²) in [6.45, 7) is 4.39. The van der Waals surface area contributed by atoms with E-state index in [9.17, 15) is 4.79 Å². The highest BCUT2D eigenvalue weighted by Gasteiger charge is 2.09. The van der Waals surface area contributed by atoms with Gasteiger partial charge in [0.2, 0.25) is 0 Å². The summed E-state index contributed by atoms with van der Waals surface area (Å²) in [4.78, 5) is 21.5. The van der Waals surface area contributed by atoms with Crippen LogP contribution in [0.4, 0.5) is 0 Å². The summed E-state index contributed by atoms with van der Waals surface area (Å²) in [5, 5.41) is 4.06. The van der Waals surface area contributed by atoms with Gasteiger partial charge in [0.1, 0.15) is 10.2 Å². The van der Waals surface area contributed by atoms with Gasteiger partial charge in [-0.3, -0.25) is 4.79 Å². The van der Waals surface area contributed by atoms with E-state index in [0.29, 0.717) is 17.3 Å². The van der Waals surface area contributed by atoms with Gasteiger partial charge in [-0.05, 0) is 25.5 Å². The maximum Gasteiger partial charge on any atom is 0.251 e. The number of hydrogen-bond donors (Lipinski definition) is 1. The number of rotatable bonds is 4. The van der Waals surface area contributed by atoms with Crippen molar-refractivity contribution in [2.45, 2.75) is 26.8 Å². The first kappa shape index (κ1) is 14.0. The van der Waals surface area contributed by atoms with Crippen LogP contribution in [0.15, 0.2) is 18.3 Å². The predicted octanol–water partition coefficient (Wildman–Crippen LogP) is 2.99. The SMILES string of the molecule is CCc1cc(C(=O)NCc2ncc(C)s2)cc(Cl)n1.